The molecule has 0 amide bonds. The first kappa shape index (κ1) is 12.0. The van der Waals surface area contributed by atoms with E-state index < -0.39 is 0 Å². The first-order valence-corrected chi connectivity index (χ1v) is 7.21. The number of piperidine rings is 1. The van der Waals surface area contributed by atoms with Crippen molar-refractivity contribution in [2.24, 2.45) is 11.1 Å². The van der Waals surface area contributed by atoms with Crippen molar-refractivity contribution in [1.29, 1.82) is 0 Å². The van der Waals surface area contributed by atoms with E-state index in [9.17, 15) is 0 Å². The van der Waals surface area contributed by atoms with E-state index in [2.05, 4.69) is 22.0 Å². The van der Waals surface area contributed by atoms with Crippen molar-refractivity contribution in [1.82, 2.24) is 4.98 Å². The molecule has 2 N–H and O–H groups in total. The minimum Gasteiger partial charge on any atom is -0.357 e. The summed E-state index contributed by atoms with van der Waals surface area (Å²) in [5, 5.41) is 0. The Bertz CT molecular complexity index is 383. The highest BCUT2D eigenvalue weighted by atomic mass is 15.2. The summed E-state index contributed by atoms with van der Waals surface area (Å²) in [5.74, 6) is 1.13. The Hall–Kier alpha value is -1.09. The van der Waals surface area contributed by atoms with Gasteiger partial charge in [-0.3, -0.25) is 0 Å². The Kier molecular flexibility index (Phi) is 3.25. The fourth-order valence-electron chi connectivity index (χ4n) is 3.56. The SMILES string of the molecule is NCc1ccc(N2CCC3(CCCC3)CC2)nc1. The maximum Gasteiger partial charge on any atom is 0.128 e. The molecule has 3 heteroatoms. The van der Waals surface area contributed by atoms with Gasteiger partial charge in [-0.05, 0) is 42.7 Å². The number of pyridine rings is 1. The Morgan fingerprint density at radius 3 is 2.39 bits per heavy atom. The van der Waals surface area contributed by atoms with Crippen LogP contribution in [-0.4, -0.2) is 18.1 Å². The molecular formula is C15H23N3. The summed E-state index contributed by atoms with van der Waals surface area (Å²) in [6.07, 6.45) is 10.4. The summed E-state index contributed by atoms with van der Waals surface area (Å²) in [4.78, 5) is 6.97. The Morgan fingerprint density at radius 1 is 1.11 bits per heavy atom. The maximum absolute atomic E-state index is 5.60. The molecule has 98 valence electrons. The number of nitrogens with two attached hydrogens (primary N) is 1. The molecule has 1 aromatic heterocycles. The standard InChI is InChI=1S/C15H23N3/c16-11-13-3-4-14(17-12-13)18-9-7-15(8-10-18)5-1-2-6-15/h3-4,12H,1-2,5-11,16H2. The third-order valence-corrected chi connectivity index (χ3v) is 4.86. The topological polar surface area (TPSA) is 42.1 Å². The smallest absolute Gasteiger partial charge is 0.128 e. The molecule has 2 heterocycles. The van der Waals surface area contributed by atoms with Crippen LogP contribution in [0.2, 0.25) is 0 Å². The third-order valence-electron chi connectivity index (χ3n) is 4.86. The molecule has 1 aromatic rings. The van der Waals surface area contributed by atoms with Crippen LogP contribution in [0.4, 0.5) is 5.82 Å². The second kappa shape index (κ2) is 4.88. The average Bonchev–Trinajstić information content (AvgIpc) is 2.88. The Morgan fingerprint density at radius 2 is 1.83 bits per heavy atom. The van der Waals surface area contributed by atoms with Crippen LogP contribution in [0.5, 0.6) is 0 Å². The quantitative estimate of drug-likeness (QED) is 0.871. The molecular weight excluding hydrogens is 222 g/mol. The highest BCUT2D eigenvalue weighted by Gasteiger charge is 2.37. The van der Waals surface area contributed by atoms with Crippen molar-refractivity contribution in [2.45, 2.75) is 45.1 Å². The molecule has 0 bridgehead atoms. The number of nitrogens with zero attached hydrogens (tertiary/aromatic N) is 2. The van der Waals surface area contributed by atoms with Crippen LogP contribution in [0.15, 0.2) is 18.3 Å². The van der Waals surface area contributed by atoms with Crippen molar-refractivity contribution in [2.75, 3.05) is 18.0 Å². The van der Waals surface area contributed by atoms with Gasteiger partial charge in [0, 0.05) is 25.8 Å². The van der Waals surface area contributed by atoms with Crippen LogP contribution in [0.3, 0.4) is 0 Å². The molecule has 3 nitrogen and oxygen atoms in total. The van der Waals surface area contributed by atoms with Crippen LogP contribution in [0.25, 0.3) is 0 Å². The van der Waals surface area contributed by atoms with Crippen molar-refractivity contribution >= 4 is 5.82 Å². The lowest BCUT2D eigenvalue weighted by Crippen LogP contribution is -2.39. The lowest BCUT2D eigenvalue weighted by molar-refractivity contribution is 0.226. The van der Waals surface area contributed by atoms with Gasteiger partial charge in [0.15, 0.2) is 0 Å². The maximum atomic E-state index is 5.60. The van der Waals surface area contributed by atoms with Crippen molar-refractivity contribution in [3.63, 3.8) is 0 Å². The molecule has 0 radical (unpaired) electrons. The zero-order chi connectivity index (χ0) is 12.4. The zero-order valence-corrected chi connectivity index (χ0v) is 11.1. The van der Waals surface area contributed by atoms with Gasteiger partial charge in [0.25, 0.3) is 0 Å². The predicted molar refractivity (Wildman–Crippen MR) is 74.5 cm³/mol. The van der Waals surface area contributed by atoms with E-state index in [1.54, 1.807) is 0 Å². The van der Waals surface area contributed by atoms with Crippen molar-refractivity contribution in [3.05, 3.63) is 23.9 Å². The summed E-state index contributed by atoms with van der Waals surface area (Å²) in [7, 11) is 0. The largest absolute Gasteiger partial charge is 0.357 e. The van der Waals surface area contributed by atoms with Gasteiger partial charge < -0.3 is 10.6 Å². The van der Waals surface area contributed by atoms with Gasteiger partial charge in [-0.1, -0.05) is 18.9 Å². The average molecular weight is 245 g/mol. The molecule has 0 atom stereocenters. The van der Waals surface area contributed by atoms with Gasteiger partial charge in [-0.2, -0.15) is 0 Å². The Balaban J connectivity index is 1.64. The van der Waals surface area contributed by atoms with Crippen molar-refractivity contribution in [3.8, 4) is 0 Å². The Labute approximate surface area is 109 Å². The molecule has 3 rings (SSSR count). The summed E-state index contributed by atoms with van der Waals surface area (Å²) in [6, 6.07) is 4.22. The fraction of sp³-hybridized carbons (Fsp3) is 0.667. The number of hydrogen-bond donors (Lipinski definition) is 1. The van der Waals surface area contributed by atoms with Gasteiger partial charge in [0.05, 0.1) is 0 Å². The first-order chi connectivity index (χ1) is 8.81. The van der Waals surface area contributed by atoms with Crippen LogP contribution in [-0.2, 0) is 6.54 Å². The van der Waals surface area contributed by atoms with Gasteiger partial charge in [-0.15, -0.1) is 0 Å². The molecule has 1 saturated carbocycles. The van der Waals surface area contributed by atoms with E-state index in [0.29, 0.717) is 12.0 Å². The predicted octanol–water partition coefficient (Wildman–Crippen LogP) is 2.70. The van der Waals surface area contributed by atoms with Crippen molar-refractivity contribution < 1.29 is 0 Å². The first-order valence-electron chi connectivity index (χ1n) is 7.21. The van der Waals surface area contributed by atoms with E-state index >= 15 is 0 Å². The van der Waals surface area contributed by atoms with E-state index in [4.69, 9.17) is 5.73 Å². The normalized spacial score (nSPS) is 22.6. The van der Waals surface area contributed by atoms with E-state index in [-0.39, 0.29) is 0 Å². The van der Waals surface area contributed by atoms with Crippen LogP contribution >= 0.6 is 0 Å². The van der Waals surface area contributed by atoms with Gasteiger partial charge >= 0.3 is 0 Å². The van der Waals surface area contributed by atoms with Crippen LogP contribution in [0, 0.1) is 5.41 Å². The summed E-state index contributed by atoms with van der Waals surface area (Å²) in [5.41, 5.74) is 7.41. The molecule has 1 aliphatic heterocycles. The molecule has 2 fully saturated rings. The lowest BCUT2D eigenvalue weighted by atomic mass is 9.77. The second-order valence-corrected chi connectivity index (χ2v) is 5.92. The zero-order valence-electron chi connectivity index (χ0n) is 11.1. The van der Waals surface area contributed by atoms with Gasteiger partial charge in [-0.25, -0.2) is 4.98 Å². The molecule has 0 aromatic carbocycles. The second-order valence-electron chi connectivity index (χ2n) is 5.92. The van der Waals surface area contributed by atoms with Gasteiger partial charge in [0.1, 0.15) is 5.82 Å². The minimum atomic E-state index is 0.580. The summed E-state index contributed by atoms with van der Waals surface area (Å²) >= 11 is 0. The minimum absolute atomic E-state index is 0.580. The molecule has 1 saturated heterocycles. The highest BCUT2D eigenvalue weighted by Crippen LogP contribution is 2.46. The summed E-state index contributed by atoms with van der Waals surface area (Å²) < 4.78 is 0. The number of anilines is 1. The lowest BCUT2D eigenvalue weighted by Gasteiger charge is -2.40. The van der Waals surface area contributed by atoms with Crippen LogP contribution < -0.4 is 10.6 Å². The molecule has 18 heavy (non-hydrogen) atoms. The number of rotatable bonds is 2. The van der Waals surface area contributed by atoms with Gasteiger partial charge in [0.2, 0.25) is 0 Å². The monoisotopic (exact) mass is 245 g/mol. The van der Waals surface area contributed by atoms with E-state index in [1.165, 1.54) is 51.6 Å². The molecule has 1 aliphatic carbocycles. The number of aromatic nitrogens is 1. The highest BCUT2D eigenvalue weighted by molar-refractivity contribution is 5.40. The number of hydrogen-bond acceptors (Lipinski definition) is 3. The molecule has 2 aliphatic rings. The summed E-state index contributed by atoms with van der Waals surface area (Å²) in [6.45, 7) is 2.93. The third kappa shape index (κ3) is 2.24. The van der Waals surface area contributed by atoms with E-state index in [0.717, 1.165) is 11.4 Å². The van der Waals surface area contributed by atoms with Crippen LogP contribution in [0.1, 0.15) is 44.1 Å². The molecule has 0 unspecified atom stereocenters. The molecule has 1 spiro atoms. The van der Waals surface area contributed by atoms with E-state index in [1.807, 2.05) is 6.20 Å². The fourth-order valence-corrected chi connectivity index (χ4v) is 3.56.